The molecule has 0 radical (unpaired) electrons. The van der Waals surface area contributed by atoms with Gasteiger partial charge < -0.3 is 5.73 Å². The summed E-state index contributed by atoms with van der Waals surface area (Å²) in [6.45, 7) is 2.31. The van der Waals surface area contributed by atoms with E-state index < -0.39 is 11.6 Å². The maximum atomic E-state index is 13.1. The number of hydrogen-bond donors (Lipinski definition) is 1. The molecule has 0 fully saturated rings. The van der Waals surface area contributed by atoms with Crippen molar-refractivity contribution in [3.05, 3.63) is 35.4 Å². The van der Waals surface area contributed by atoms with Crippen LogP contribution in [0.25, 0.3) is 0 Å². The molecule has 0 aromatic heterocycles. The lowest BCUT2D eigenvalue weighted by Gasteiger charge is -2.09. The fraction of sp³-hybridized carbons (Fsp3) is 0.400. The molecule has 0 bridgehead atoms. The summed E-state index contributed by atoms with van der Waals surface area (Å²) in [6.07, 6.45) is 0.356. The summed E-state index contributed by atoms with van der Waals surface area (Å²) in [6, 6.07) is 3.89. The van der Waals surface area contributed by atoms with E-state index >= 15 is 0 Å². The first-order valence-corrected chi connectivity index (χ1v) is 4.28. The molecule has 0 aliphatic carbocycles. The summed E-state index contributed by atoms with van der Waals surface area (Å²) in [5.41, 5.74) is 5.51. The van der Waals surface area contributed by atoms with Crippen LogP contribution in [-0.2, 0) is 6.42 Å². The molecule has 0 heterocycles. The highest BCUT2D eigenvalue weighted by Crippen LogP contribution is 2.15. The Hall–Kier alpha value is -0.960. The molecule has 0 spiro atoms. The first-order valence-electron chi connectivity index (χ1n) is 4.28. The molecule has 0 unspecified atom stereocenters. The summed E-state index contributed by atoms with van der Waals surface area (Å²) in [5, 5.41) is 0. The number of hydrogen-bond acceptors (Lipinski definition) is 1. The van der Waals surface area contributed by atoms with E-state index in [1.54, 1.807) is 0 Å². The molecule has 13 heavy (non-hydrogen) atoms. The van der Waals surface area contributed by atoms with E-state index in [0.717, 1.165) is 0 Å². The molecule has 0 aliphatic rings. The second-order valence-corrected chi connectivity index (χ2v) is 3.25. The van der Waals surface area contributed by atoms with Gasteiger partial charge >= 0.3 is 0 Å². The van der Waals surface area contributed by atoms with E-state index in [1.165, 1.54) is 18.2 Å². The summed E-state index contributed by atoms with van der Waals surface area (Å²) < 4.78 is 26.1. The summed E-state index contributed by atoms with van der Waals surface area (Å²) >= 11 is 0. The van der Waals surface area contributed by atoms with Crippen LogP contribution in [0.5, 0.6) is 0 Å². The smallest absolute Gasteiger partial charge is 0.129 e. The Labute approximate surface area is 76.6 Å². The highest BCUT2D eigenvalue weighted by atomic mass is 19.1. The zero-order valence-electron chi connectivity index (χ0n) is 7.56. The van der Waals surface area contributed by atoms with Gasteiger partial charge in [-0.05, 0) is 31.0 Å². The SMILES string of the molecule is C[C@H](CN)Cc1c(F)cccc1F. The average Bonchev–Trinajstić information content (AvgIpc) is 2.11. The molecule has 1 rings (SSSR count). The van der Waals surface area contributed by atoms with E-state index in [1.807, 2.05) is 6.92 Å². The van der Waals surface area contributed by atoms with Crippen molar-refractivity contribution in [1.29, 1.82) is 0 Å². The van der Waals surface area contributed by atoms with Crippen LogP contribution < -0.4 is 5.73 Å². The molecule has 2 N–H and O–H groups in total. The summed E-state index contributed by atoms with van der Waals surface area (Å²) in [4.78, 5) is 0. The zero-order valence-corrected chi connectivity index (χ0v) is 7.56. The van der Waals surface area contributed by atoms with Gasteiger partial charge in [0, 0.05) is 5.56 Å². The Morgan fingerprint density at radius 2 is 1.85 bits per heavy atom. The molecule has 0 aliphatic heterocycles. The Balaban J connectivity index is 2.87. The van der Waals surface area contributed by atoms with Crippen molar-refractivity contribution in [2.75, 3.05) is 6.54 Å². The van der Waals surface area contributed by atoms with Crippen LogP contribution in [0.1, 0.15) is 12.5 Å². The average molecular weight is 185 g/mol. The topological polar surface area (TPSA) is 26.0 Å². The molecule has 1 aromatic carbocycles. The minimum Gasteiger partial charge on any atom is -0.330 e. The van der Waals surface area contributed by atoms with Crippen molar-refractivity contribution in [1.82, 2.24) is 0 Å². The number of benzene rings is 1. The lowest BCUT2D eigenvalue weighted by atomic mass is 10.0. The van der Waals surface area contributed by atoms with Gasteiger partial charge in [-0.2, -0.15) is 0 Å². The van der Waals surface area contributed by atoms with Gasteiger partial charge in [0.2, 0.25) is 0 Å². The van der Waals surface area contributed by atoms with Crippen molar-refractivity contribution in [2.45, 2.75) is 13.3 Å². The highest BCUT2D eigenvalue weighted by molar-refractivity contribution is 5.20. The van der Waals surface area contributed by atoms with Crippen molar-refractivity contribution < 1.29 is 8.78 Å². The van der Waals surface area contributed by atoms with Crippen LogP contribution in [0.4, 0.5) is 8.78 Å². The van der Waals surface area contributed by atoms with Crippen molar-refractivity contribution in [2.24, 2.45) is 11.7 Å². The molecule has 0 saturated heterocycles. The highest BCUT2D eigenvalue weighted by Gasteiger charge is 2.10. The molecule has 72 valence electrons. The van der Waals surface area contributed by atoms with Crippen LogP contribution in [-0.4, -0.2) is 6.54 Å². The Kier molecular flexibility index (Phi) is 3.37. The fourth-order valence-corrected chi connectivity index (χ4v) is 1.16. The minimum absolute atomic E-state index is 0.103. The second kappa shape index (κ2) is 4.33. The predicted molar refractivity (Wildman–Crippen MR) is 48.3 cm³/mol. The molecule has 1 aromatic rings. The van der Waals surface area contributed by atoms with Crippen molar-refractivity contribution in [3.63, 3.8) is 0 Å². The first kappa shape index (κ1) is 10.1. The molecule has 0 amide bonds. The Morgan fingerprint density at radius 1 is 1.31 bits per heavy atom. The van der Waals surface area contributed by atoms with Crippen LogP contribution in [0.3, 0.4) is 0 Å². The first-order chi connectivity index (χ1) is 6.15. The van der Waals surface area contributed by atoms with E-state index in [9.17, 15) is 8.78 Å². The van der Waals surface area contributed by atoms with Gasteiger partial charge in [0.05, 0.1) is 0 Å². The van der Waals surface area contributed by atoms with Gasteiger partial charge in [0.15, 0.2) is 0 Å². The molecule has 0 saturated carbocycles. The Bertz CT molecular complexity index is 266. The second-order valence-electron chi connectivity index (χ2n) is 3.25. The largest absolute Gasteiger partial charge is 0.330 e. The number of halogens is 2. The van der Waals surface area contributed by atoms with Gasteiger partial charge in [-0.25, -0.2) is 8.78 Å². The van der Waals surface area contributed by atoms with Gasteiger partial charge in [0.25, 0.3) is 0 Å². The molecule has 3 heteroatoms. The molecule has 1 nitrogen and oxygen atoms in total. The third kappa shape index (κ3) is 2.49. The maximum absolute atomic E-state index is 13.1. The van der Waals surface area contributed by atoms with E-state index in [2.05, 4.69) is 0 Å². The lowest BCUT2D eigenvalue weighted by molar-refractivity contribution is 0.512. The quantitative estimate of drug-likeness (QED) is 0.766. The van der Waals surface area contributed by atoms with E-state index in [-0.39, 0.29) is 11.5 Å². The zero-order chi connectivity index (χ0) is 9.84. The molecule has 1 atom stereocenters. The van der Waals surface area contributed by atoms with Crippen LogP contribution >= 0.6 is 0 Å². The number of rotatable bonds is 3. The third-order valence-corrected chi connectivity index (χ3v) is 2.02. The summed E-state index contributed by atoms with van der Waals surface area (Å²) in [5.74, 6) is -0.869. The van der Waals surface area contributed by atoms with Gasteiger partial charge in [-0.15, -0.1) is 0 Å². The molecular weight excluding hydrogens is 172 g/mol. The third-order valence-electron chi connectivity index (χ3n) is 2.02. The maximum Gasteiger partial charge on any atom is 0.129 e. The predicted octanol–water partition coefficient (Wildman–Crippen LogP) is 2.10. The van der Waals surface area contributed by atoms with E-state index in [0.29, 0.717) is 13.0 Å². The number of nitrogens with two attached hydrogens (primary N) is 1. The van der Waals surface area contributed by atoms with Crippen molar-refractivity contribution in [3.8, 4) is 0 Å². The van der Waals surface area contributed by atoms with Gasteiger partial charge in [-0.3, -0.25) is 0 Å². The van der Waals surface area contributed by atoms with Crippen LogP contribution in [0, 0.1) is 17.6 Å². The van der Waals surface area contributed by atoms with Gasteiger partial charge in [-0.1, -0.05) is 13.0 Å². The summed E-state index contributed by atoms with van der Waals surface area (Å²) in [7, 11) is 0. The minimum atomic E-state index is -0.486. The standard InChI is InChI=1S/C10H13F2N/c1-7(6-13)5-8-9(11)3-2-4-10(8)12/h2-4,7H,5-6,13H2,1H3/t7-/m0/s1. The lowest BCUT2D eigenvalue weighted by Crippen LogP contribution is -2.14. The fourth-order valence-electron chi connectivity index (χ4n) is 1.16. The Morgan fingerprint density at radius 3 is 2.31 bits per heavy atom. The molecular formula is C10H13F2N. The normalized spacial score (nSPS) is 12.9. The monoisotopic (exact) mass is 185 g/mol. The van der Waals surface area contributed by atoms with Crippen LogP contribution in [0.15, 0.2) is 18.2 Å². The van der Waals surface area contributed by atoms with Crippen molar-refractivity contribution >= 4 is 0 Å². The van der Waals surface area contributed by atoms with E-state index in [4.69, 9.17) is 5.73 Å². The van der Waals surface area contributed by atoms with Crippen LogP contribution in [0.2, 0.25) is 0 Å². The van der Waals surface area contributed by atoms with Gasteiger partial charge in [0.1, 0.15) is 11.6 Å².